The largest absolute Gasteiger partial charge is 0.463 e. The summed E-state index contributed by atoms with van der Waals surface area (Å²) in [7, 11) is 1.20. The maximum absolute atomic E-state index is 14.2. The highest BCUT2D eigenvalue weighted by atomic mass is 35.5. The molecular formula is C18H13ClFNO6. The van der Waals surface area contributed by atoms with E-state index in [1.165, 1.54) is 44.6 Å². The van der Waals surface area contributed by atoms with Gasteiger partial charge in [0.25, 0.3) is 0 Å². The molecule has 0 fully saturated rings. The second-order valence-corrected chi connectivity index (χ2v) is 5.81. The van der Waals surface area contributed by atoms with Crippen LogP contribution in [0.15, 0.2) is 39.5 Å². The van der Waals surface area contributed by atoms with E-state index in [4.69, 9.17) is 25.3 Å². The number of hydrogen-bond donors (Lipinski definition) is 0. The number of carbonyl (C=O) groups is 2. The summed E-state index contributed by atoms with van der Waals surface area (Å²) in [5, 5.41) is 3.81. The number of ether oxygens (including phenoxy) is 2. The lowest BCUT2D eigenvalue weighted by molar-refractivity contribution is 0.0452. The molecule has 0 atom stereocenters. The number of benzene rings is 1. The van der Waals surface area contributed by atoms with Gasteiger partial charge in [0.15, 0.2) is 0 Å². The lowest BCUT2D eigenvalue weighted by atomic mass is 10.1. The standard InChI is InChI=1S/C18H13ClFNO6/c1-9-13(15(21-27-9)14-11(19)4-3-5-12(14)20)17(22)26-8-10-6-7-25-16(10)18(23)24-2/h3-7H,8H2,1-2H3. The summed E-state index contributed by atoms with van der Waals surface area (Å²) >= 11 is 6.04. The summed E-state index contributed by atoms with van der Waals surface area (Å²) in [5.74, 6) is -2.13. The number of aromatic nitrogens is 1. The minimum Gasteiger partial charge on any atom is -0.463 e. The van der Waals surface area contributed by atoms with Crippen LogP contribution in [0.5, 0.6) is 0 Å². The van der Waals surface area contributed by atoms with Crippen LogP contribution in [-0.4, -0.2) is 24.2 Å². The maximum atomic E-state index is 14.2. The third-order valence-corrected chi connectivity index (χ3v) is 4.06. The molecule has 27 heavy (non-hydrogen) atoms. The number of methoxy groups -OCH3 is 1. The summed E-state index contributed by atoms with van der Waals surface area (Å²) in [5.41, 5.74) is 0.113. The molecule has 2 aromatic heterocycles. The van der Waals surface area contributed by atoms with Crippen molar-refractivity contribution in [3.8, 4) is 11.3 Å². The first kappa shape index (κ1) is 18.7. The van der Waals surface area contributed by atoms with Crippen molar-refractivity contribution in [1.82, 2.24) is 5.16 Å². The van der Waals surface area contributed by atoms with Crippen molar-refractivity contribution in [3.05, 3.63) is 64.0 Å². The number of rotatable bonds is 5. The van der Waals surface area contributed by atoms with Crippen molar-refractivity contribution in [1.29, 1.82) is 0 Å². The van der Waals surface area contributed by atoms with E-state index in [0.717, 1.165) is 0 Å². The predicted molar refractivity (Wildman–Crippen MR) is 90.8 cm³/mol. The van der Waals surface area contributed by atoms with Crippen LogP contribution in [-0.2, 0) is 16.1 Å². The molecule has 7 nitrogen and oxygen atoms in total. The van der Waals surface area contributed by atoms with Gasteiger partial charge in [-0.15, -0.1) is 0 Å². The number of aryl methyl sites for hydroxylation is 1. The summed E-state index contributed by atoms with van der Waals surface area (Å²) in [4.78, 5) is 24.2. The average molecular weight is 394 g/mol. The fourth-order valence-corrected chi connectivity index (χ4v) is 2.70. The molecule has 0 N–H and O–H groups in total. The highest BCUT2D eigenvalue weighted by Crippen LogP contribution is 2.33. The van der Waals surface area contributed by atoms with Gasteiger partial charge in [0.2, 0.25) is 5.76 Å². The SMILES string of the molecule is COC(=O)c1occc1COC(=O)c1c(-c2c(F)cccc2Cl)noc1C. The number of nitrogens with zero attached hydrogens (tertiary/aromatic N) is 1. The number of esters is 2. The summed E-state index contributed by atoms with van der Waals surface area (Å²) in [6, 6.07) is 5.55. The van der Waals surface area contributed by atoms with Crippen LogP contribution in [0.1, 0.15) is 32.2 Å². The molecule has 3 aromatic rings. The van der Waals surface area contributed by atoms with Crippen LogP contribution in [0.3, 0.4) is 0 Å². The quantitative estimate of drug-likeness (QED) is 0.600. The van der Waals surface area contributed by atoms with Gasteiger partial charge in [-0.05, 0) is 25.1 Å². The normalized spacial score (nSPS) is 10.7. The molecule has 0 bridgehead atoms. The van der Waals surface area contributed by atoms with Gasteiger partial charge in [-0.2, -0.15) is 0 Å². The first-order valence-electron chi connectivity index (χ1n) is 7.66. The van der Waals surface area contributed by atoms with Crippen LogP contribution >= 0.6 is 11.6 Å². The second-order valence-electron chi connectivity index (χ2n) is 5.40. The Morgan fingerprint density at radius 1 is 1.26 bits per heavy atom. The molecule has 2 heterocycles. The van der Waals surface area contributed by atoms with Gasteiger partial charge in [0.1, 0.15) is 29.4 Å². The lowest BCUT2D eigenvalue weighted by Gasteiger charge is -2.07. The van der Waals surface area contributed by atoms with E-state index in [2.05, 4.69) is 9.89 Å². The van der Waals surface area contributed by atoms with Crippen LogP contribution in [0, 0.1) is 12.7 Å². The van der Waals surface area contributed by atoms with Crippen molar-refractivity contribution < 1.29 is 32.4 Å². The summed E-state index contributed by atoms with van der Waals surface area (Å²) < 4.78 is 34.0. The Morgan fingerprint density at radius 3 is 2.74 bits per heavy atom. The van der Waals surface area contributed by atoms with E-state index in [9.17, 15) is 14.0 Å². The zero-order chi connectivity index (χ0) is 19.6. The van der Waals surface area contributed by atoms with Gasteiger partial charge in [0.05, 0.1) is 24.0 Å². The Labute approximate surface area is 157 Å². The Bertz CT molecular complexity index is 989. The molecule has 1 aromatic carbocycles. The smallest absolute Gasteiger partial charge is 0.374 e. The monoisotopic (exact) mass is 393 g/mol. The lowest BCUT2D eigenvalue weighted by Crippen LogP contribution is -2.10. The Hall–Kier alpha value is -3.13. The van der Waals surface area contributed by atoms with Crippen molar-refractivity contribution >= 4 is 23.5 Å². The van der Waals surface area contributed by atoms with Crippen molar-refractivity contribution in [3.63, 3.8) is 0 Å². The van der Waals surface area contributed by atoms with E-state index >= 15 is 0 Å². The van der Waals surface area contributed by atoms with Crippen LogP contribution in [0.2, 0.25) is 5.02 Å². The molecule has 3 rings (SSSR count). The molecule has 0 saturated carbocycles. The van der Waals surface area contributed by atoms with Gasteiger partial charge in [-0.25, -0.2) is 14.0 Å². The van der Waals surface area contributed by atoms with E-state index in [1.54, 1.807) is 0 Å². The van der Waals surface area contributed by atoms with E-state index < -0.39 is 17.8 Å². The molecule has 0 aliphatic carbocycles. The highest BCUT2D eigenvalue weighted by molar-refractivity contribution is 6.33. The number of furan rings is 1. The van der Waals surface area contributed by atoms with Crippen LogP contribution in [0.4, 0.5) is 4.39 Å². The maximum Gasteiger partial charge on any atom is 0.374 e. The molecule has 140 valence electrons. The fourth-order valence-electron chi connectivity index (χ4n) is 2.44. The molecular weight excluding hydrogens is 381 g/mol. The van der Waals surface area contributed by atoms with E-state index in [0.29, 0.717) is 5.56 Å². The summed E-state index contributed by atoms with van der Waals surface area (Å²) in [6.07, 6.45) is 1.27. The molecule has 0 amide bonds. The third-order valence-electron chi connectivity index (χ3n) is 3.74. The van der Waals surface area contributed by atoms with Crippen LogP contribution in [0.25, 0.3) is 11.3 Å². The van der Waals surface area contributed by atoms with E-state index in [1.807, 2.05) is 0 Å². The zero-order valence-electron chi connectivity index (χ0n) is 14.2. The molecule has 0 radical (unpaired) electrons. The molecule has 0 spiro atoms. The van der Waals surface area contributed by atoms with Crippen molar-refractivity contribution in [2.75, 3.05) is 7.11 Å². The molecule has 0 unspecified atom stereocenters. The molecule has 9 heteroatoms. The fraction of sp³-hybridized carbons (Fsp3) is 0.167. The number of halogens is 2. The first-order chi connectivity index (χ1) is 12.9. The molecule has 0 aliphatic heterocycles. The summed E-state index contributed by atoms with van der Waals surface area (Å²) in [6.45, 7) is 1.22. The second kappa shape index (κ2) is 7.63. The Morgan fingerprint density at radius 2 is 2.04 bits per heavy atom. The zero-order valence-corrected chi connectivity index (χ0v) is 15.0. The minimum absolute atomic E-state index is 0.0647. The molecule has 0 aliphatic rings. The molecule has 0 saturated heterocycles. The van der Waals surface area contributed by atoms with Gasteiger partial charge in [0, 0.05) is 5.56 Å². The minimum atomic E-state index is -0.819. The predicted octanol–water partition coefficient (Wildman–Crippen LogP) is 4.18. The first-order valence-corrected chi connectivity index (χ1v) is 8.04. The van der Waals surface area contributed by atoms with Gasteiger partial charge < -0.3 is 18.4 Å². The van der Waals surface area contributed by atoms with E-state index in [-0.39, 0.29) is 40.0 Å². The Balaban J connectivity index is 1.88. The number of carbonyl (C=O) groups excluding carboxylic acids is 2. The van der Waals surface area contributed by atoms with Crippen molar-refractivity contribution in [2.24, 2.45) is 0 Å². The van der Waals surface area contributed by atoms with Gasteiger partial charge in [-0.3, -0.25) is 0 Å². The van der Waals surface area contributed by atoms with Crippen LogP contribution < -0.4 is 0 Å². The highest BCUT2D eigenvalue weighted by Gasteiger charge is 2.27. The van der Waals surface area contributed by atoms with Gasteiger partial charge >= 0.3 is 11.9 Å². The number of hydrogen-bond acceptors (Lipinski definition) is 7. The Kier molecular flexibility index (Phi) is 5.27. The average Bonchev–Trinajstić information content (AvgIpc) is 3.26. The van der Waals surface area contributed by atoms with Gasteiger partial charge in [-0.1, -0.05) is 22.8 Å². The third kappa shape index (κ3) is 3.56. The topological polar surface area (TPSA) is 91.8 Å². The van der Waals surface area contributed by atoms with Crippen molar-refractivity contribution in [2.45, 2.75) is 13.5 Å².